The maximum atomic E-state index is 11.8. The Bertz CT molecular complexity index is 894. The Morgan fingerprint density at radius 3 is 2.32 bits per heavy atom. The minimum Gasteiger partial charge on any atom is -0.367 e. The fraction of sp³-hybridized carbons (Fsp3) is 0.267. The van der Waals surface area contributed by atoms with Crippen molar-refractivity contribution in [1.82, 2.24) is 4.98 Å². The van der Waals surface area contributed by atoms with Crippen LogP contribution >= 0.6 is 0 Å². The minimum absolute atomic E-state index is 0.0408. The van der Waals surface area contributed by atoms with Gasteiger partial charge in [0.15, 0.2) is 0 Å². The summed E-state index contributed by atoms with van der Waals surface area (Å²) in [7, 11) is -3.82. The van der Waals surface area contributed by atoms with Gasteiger partial charge in [0.2, 0.25) is 15.8 Å². The third kappa shape index (κ3) is 3.54. The van der Waals surface area contributed by atoms with Crippen LogP contribution in [0.2, 0.25) is 0 Å². The highest BCUT2D eigenvalue weighted by molar-refractivity contribution is 7.89. The first-order valence-electron chi connectivity index (χ1n) is 7.59. The molecule has 1 aliphatic rings. The third-order valence-corrected chi connectivity index (χ3v) is 5.01. The van der Waals surface area contributed by atoms with E-state index in [-0.39, 0.29) is 10.6 Å². The number of nitrogens with two attached hydrogens (primary N) is 1. The predicted octanol–water partition coefficient (Wildman–Crippen LogP) is 0.964. The van der Waals surface area contributed by atoms with Crippen molar-refractivity contribution in [2.75, 3.05) is 36.0 Å². The monoisotopic (exact) mass is 363 g/mol. The summed E-state index contributed by atoms with van der Waals surface area (Å²) in [5.41, 5.74) is 0.501. The van der Waals surface area contributed by atoms with Crippen LogP contribution in [0.4, 0.5) is 17.2 Å². The summed E-state index contributed by atoms with van der Waals surface area (Å²) in [6.07, 6.45) is 1.52. The van der Waals surface area contributed by atoms with Gasteiger partial charge in [-0.05, 0) is 18.2 Å². The van der Waals surface area contributed by atoms with Crippen LogP contribution < -0.4 is 14.9 Å². The van der Waals surface area contributed by atoms with Gasteiger partial charge in [0.05, 0.1) is 10.6 Å². The molecule has 2 N–H and O–H groups in total. The van der Waals surface area contributed by atoms with Crippen LogP contribution in [0.3, 0.4) is 0 Å². The molecule has 1 saturated heterocycles. The van der Waals surface area contributed by atoms with Gasteiger partial charge in [-0.1, -0.05) is 12.1 Å². The Kier molecular flexibility index (Phi) is 4.55. The molecule has 0 amide bonds. The summed E-state index contributed by atoms with van der Waals surface area (Å²) < 4.78 is 23.5. The van der Waals surface area contributed by atoms with Crippen molar-refractivity contribution in [3.05, 3.63) is 52.7 Å². The number of pyridine rings is 1. The van der Waals surface area contributed by atoms with Crippen LogP contribution in [0.15, 0.2) is 47.5 Å². The first-order valence-corrected chi connectivity index (χ1v) is 9.13. The Labute approximate surface area is 144 Å². The van der Waals surface area contributed by atoms with Gasteiger partial charge < -0.3 is 9.80 Å². The predicted molar refractivity (Wildman–Crippen MR) is 93.1 cm³/mol. The van der Waals surface area contributed by atoms with Crippen molar-refractivity contribution in [2.24, 2.45) is 5.14 Å². The largest absolute Gasteiger partial charge is 0.367 e. The van der Waals surface area contributed by atoms with Gasteiger partial charge in [0.1, 0.15) is 4.90 Å². The van der Waals surface area contributed by atoms with Crippen molar-refractivity contribution in [2.45, 2.75) is 4.90 Å². The zero-order valence-electron chi connectivity index (χ0n) is 13.3. The van der Waals surface area contributed by atoms with E-state index >= 15 is 0 Å². The summed E-state index contributed by atoms with van der Waals surface area (Å²) >= 11 is 0. The molecule has 0 saturated carbocycles. The molecule has 0 spiro atoms. The number of nitrogens with zero attached hydrogens (tertiary/aromatic N) is 4. The normalized spacial score (nSPS) is 15.2. The van der Waals surface area contributed by atoms with E-state index in [1.165, 1.54) is 24.4 Å². The van der Waals surface area contributed by atoms with Crippen LogP contribution in [0.1, 0.15) is 0 Å². The van der Waals surface area contributed by atoms with E-state index in [0.29, 0.717) is 37.7 Å². The first kappa shape index (κ1) is 17.1. The molecule has 2 aromatic rings. The molecule has 9 nitrogen and oxygen atoms in total. The van der Waals surface area contributed by atoms with Crippen LogP contribution in [-0.4, -0.2) is 44.5 Å². The highest BCUT2D eigenvalue weighted by Crippen LogP contribution is 2.29. The molecule has 25 heavy (non-hydrogen) atoms. The second kappa shape index (κ2) is 6.65. The number of nitro groups is 1. The standard InChI is InChI=1S/C15H17N5O4S/c16-25(23,24)14-6-2-1-4-12(14)18-8-10-19(11-9-18)15-13(20(21)22)5-3-7-17-15/h1-7H,8-11H2,(H2,16,23,24). The molecule has 2 heterocycles. The molecule has 0 aliphatic carbocycles. The number of para-hydroxylation sites is 1. The molecule has 0 bridgehead atoms. The molecular weight excluding hydrogens is 346 g/mol. The number of piperazine rings is 1. The van der Waals surface area contributed by atoms with E-state index in [4.69, 9.17) is 5.14 Å². The fourth-order valence-electron chi connectivity index (χ4n) is 2.89. The topological polar surface area (TPSA) is 123 Å². The Balaban J connectivity index is 1.81. The first-order chi connectivity index (χ1) is 11.9. The van der Waals surface area contributed by atoms with E-state index < -0.39 is 14.9 Å². The Morgan fingerprint density at radius 2 is 1.68 bits per heavy atom. The van der Waals surface area contributed by atoms with Crippen LogP contribution in [0.25, 0.3) is 0 Å². The number of anilines is 2. The molecule has 3 rings (SSSR count). The van der Waals surface area contributed by atoms with Crippen LogP contribution in [-0.2, 0) is 10.0 Å². The van der Waals surface area contributed by atoms with Crippen molar-refractivity contribution in [3.63, 3.8) is 0 Å². The highest BCUT2D eigenvalue weighted by Gasteiger charge is 2.26. The zero-order chi connectivity index (χ0) is 18.0. The molecular formula is C15H17N5O4S. The molecule has 10 heteroatoms. The van der Waals surface area contributed by atoms with E-state index in [2.05, 4.69) is 4.98 Å². The summed E-state index contributed by atoms with van der Waals surface area (Å²) in [6, 6.07) is 9.50. The van der Waals surface area contributed by atoms with E-state index in [0.717, 1.165) is 0 Å². The van der Waals surface area contributed by atoms with Gasteiger partial charge in [-0.15, -0.1) is 0 Å². The summed E-state index contributed by atoms with van der Waals surface area (Å²) in [5, 5.41) is 16.4. The number of aromatic nitrogens is 1. The molecule has 0 atom stereocenters. The maximum absolute atomic E-state index is 11.8. The lowest BCUT2D eigenvalue weighted by atomic mass is 10.2. The van der Waals surface area contributed by atoms with Gasteiger partial charge >= 0.3 is 5.69 Å². The Hall–Kier alpha value is -2.72. The van der Waals surface area contributed by atoms with Gasteiger partial charge in [-0.2, -0.15) is 0 Å². The van der Waals surface area contributed by atoms with E-state index in [1.54, 1.807) is 18.2 Å². The summed E-state index contributed by atoms with van der Waals surface area (Å²) in [6.45, 7) is 1.97. The van der Waals surface area contributed by atoms with Crippen molar-refractivity contribution in [3.8, 4) is 0 Å². The molecule has 0 radical (unpaired) electrons. The third-order valence-electron chi connectivity index (χ3n) is 4.05. The van der Waals surface area contributed by atoms with Crippen molar-refractivity contribution >= 4 is 27.2 Å². The minimum atomic E-state index is -3.82. The highest BCUT2D eigenvalue weighted by atomic mass is 32.2. The average Bonchev–Trinajstić information content (AvgIpc) is 2.61. The lowest BCUT2D eigenvalue weighted by molar-refractivity contribution is -0.384. The second-order valence-corrected chi connectivity index (χ2v) is 7.12. The maximum Gasteiger partial charge on any atom is 0.311 e. The van der Waals surface area contributed by atoms with Crippen molar-refractivity contribution < 1.29 is 13.3 Å². The summed E-state index contributed by atoms with van der Waals surface area (Å²) in [5.74, 6) is 0.326. The quantitative estimate of drug-likeness (QED) is 0.634. The molecule has 1 aromatic carbocycles. The SMILES string of the molecule is NS(=O)(=O)c1ccccc1N1CCN(c2ncccc2[N+](=O)[O-])CC1. The molecule has 132 valence electrons. The van der Waals surface area contributed by atoms with Crippen molar-refractivity contribution in [1.29, 1.82) is 0 Å². The van der Waals surface area contributed by atoms with Gasteiger partial charge in [-0.3, -0.25) is 10.1 Å². The number of hydrogen-bond donors (Lipinski definition) is 1. The number of rotatable bonds is 4. The lowest BCUT2D eigenvalue weighted by Gasteiger charge is -2.37. The second-order valence-electron chi connectivity index (χ2n) is 5.59. The molecule has 0 unspecified atom stereocenters. The van der Waals surface area contributed by atoms with E-state index in [1.807, 2.05) is 9.80 Å². The lowest BCUT2D eigenvalue weighted by Crippen LogP contribution is -2.47. The average molecular weight is 363 g/mol. The van der Waals surface area contributed by atoms with Gasteiger partial charge in [-0.25, -0.2) is 18.5 Å². The van der Waals surface area contributed by atoms with Crippen LogP contribution in [0.5, 0.6) is 0 Å². The number of benzene rings is 1. The van der Waals surface area contributed by atoms with Crippen LogP contribution in [0, 0.1) is 10.1 Å². The zero-order valence-corrected chi connectivity index (χ0v) is 14.1. The smallest absolute Gasteiger partial charge is 0.311 e. The molecule has 1 aliphatic heterocycles. The number of primary sulfonamides is 1. The molecule has 1 aromatic heterocycles. The Morgan fingerprint density at radius 1 is 1.04 bits per heavy atom. The number of sulfonamides is 1. The van der Waals surface area contributed by atoms with Gasteiger partial charge in [0, 0.05) is 38.4 Å². The summed E-state index contributed by atoms with van der Waals surface area (Å²) in [4.78, 5) is 18.6. The number of hydrogen-bond acceptors (Lipinski definition) is 7. The van der Waals surface area contributed by atoms with E-state index in [9.17, 15) is 18.5 Å². The fourth-order valence-corrected chi connectivity index (χ4v) is 3.65. The van der Waals surface area contributed by atoms with Gasteiger partial charge in [0.25, 0.3) is 0 Å². The molecule has 1 fully saturated rings.